The van der Waals surface area contributed by atoms with Crippen molar-refractivity contribution in [1.29, 1.82) is 0 Å². The molecular formula is C14H17F2N3. The number of benzene rings is 1. The molecule has 0 amide bonds. The maximum Gasteiger partial charge on any atom is 0.202 e. The van der Waals surface area contributed by atoms with Gasteiger partial charge in [-0.25, -0.2) is 13.8 Å². The van der Waals surface area contributed by atoms with Crippen molar-refractivity contribution in [3.8, 4) is 0 Å². The summed E-state index contributed by atoms with van der Waals surface area (Å²) in [6.45, 7) is 3.58. The first kappa shape index (κ1) is 13.5. The van der Waals surface area contributed by atoms with Gasteiger partial charge in [0.05, 0.1) is 0 Å². The Morgan fingerprint density at radius 2 is 1.95 bits per heavy atom. The lowest BCUT2D eigenvalue weighted by Crippen LogP contribution is -2.10. The lowest BCUT2D eigenvalue weighted by molar-refractivity contribution is 0.579. The van der Waals surface area contributed by atoms with Crippen LogP contribution in [0.2, 0.25) is 0 Å². The Labute approximate surface area is 111 Å². The number of hydrogen-bond acceptors (Lipinski definition) is 2. The molecule has 0 fully saturated rings. The van der Waals surface area contributed by atoms with Crippen LogP contribution in [0.1, 0.15) is 18.9 Å². The number of anilines is 1. The van der Waals surface area contributed by atoms with E-state index in [0.717, 1.165) is 25.0 Å². The van der Waals surface area contributed by atoms with E-state index in [9.17, 15) is 8.78 Å². The molecule has 0 aliphatic rings. The molecule has 0 aliphatic heterocycles. The number of nitrogens with zero attached hydrogens (tertiary/aromatic N) is 2. The van der Waals surface area contributed by atoms with Crippen LogP contribution < -0.4 is 5.32 Å². The van der Waals surface area contributed by atoms with Gasteiger partial charge in [0, 0.05) is 31.5 Å². The molecule has 0 saturated carbocycles. The molecule has 2 aromatic rings. The first-order valence-electron chi connectivity index (χ1n) is 6.39. The first-order valence-corrected chi connectivity index (χ1v) is 6.39. The molecule has 0 saturated heterocycles. The normalized spacial score (nSPS) is 10.7. The van der Waals surface area contributed by atoms with E-state index < -0.39 is 11.6 Å². The topological polar surface area (TPSA) is 29.9 Å². The van der Waals surface area contributed by atoms with E-state index in [-0.39, 0.29) is 0 Å². The Balaban J connectivity index is 1.90. The first-order chi connectivity index (χ1) is 9.19. The molecule has 5 heteroatoms. The fourth-order valence-electron chi connectivity index (χ4n) is 1.97. The molecule has 0 bridgehead atoms. The van der Waals surface area contributed by atoms with Crippen LogP contribution in [0.5, 0.6) is 0 Å². The van der Waals surface area contributed by atoms with Crippen LogP contribution in [0.3, 0.4) is 0 Å². The molecule has 1 aromatic carbocycles. The standard InChI is InChI=1S/C14H17F2N3/c1-2-6-19-7-5-18-14(19)17-4-3-11-8-12(15)10-13(16)9-11/h5,7-10H,2-4,6H2,1H3,(H,17,18). The molecule has 0 radical (unpaired) electrons. The van der Waals surface area contributed by atoms with Gasteiger partial charge < -0.3 is 9.88 Å². The van der Waals surface area contributed by atoms with E-state index in [1.54, 1.807) is 6.20 Å². The third-order valence-electron chi connectivity index (χ3n) is 2.80. The fourth-order valence-corrected chi connectivity index (χ4v) is 1.97. The minimum atomic E-state index is -0.539. The number of aromatic nitrogens is 2. The number of hydrogen-bond donors (Lipinski definition) is 1. The number of imidazole rings is 1. The van der Waals surface area contributed by atoms with Crippen molar-refractivity contribution in [1.82, 2.24) is 9.55 Å². The second kappa shape index (κ2) is 6.31. The summed E-state index contributed by atoms with van der Waals surface area (Å²) in [5.41, 5.74) is 0.638. The van der Waals surface area contributed by atoms with Gasteiger partial charge in [0.2, 0.25) is 5.95 Å². The van der Waals surface area contributed by atoms with E-state index in [2.05, 4.69) is 17.2 Å². The highest BCUT2D eigenvalue weighted by Gasteiger charge is 2.03. The Hall–Kier alpha value is -1.91. The van der Waals surface area contributed by atoms with Gasteiger partial charge in [-0.2, -0.15) is 0 Å². The van der Waals surface area contributed by atoms with Crippen molar-refractivity contribution in [2.75, 3.05) is 11.9 Å². The average molecular weight is 265 g/mol. The molecule has 3 nitrogen and oxygen atoms in total. The van der Waals surface area contributed by atoms with E-state index in [1.807, 2.05) is 10.8 Å². The van der Waals surface area contributed by atoms with Crippen LogP contribution >= 0.6 is 0 Å². The van der Waals surface area contributed by atoms with Gasteiger partial charge in [0.1, 0.15) is 11.6 Å². The summed E-state index contributed by atoms with van der Waals surface area (Å²) >= 11 is 0. The highest BCUT2D eigenvalue weighted by molar-refractivity contribution is 5.27. The van der Waals surface area contributed by atoms with Gasteiger partial charge in [-0.15, -0.1) is 0 Å². The van der Waals surface area contributed by atoms with Crippen molar-refractivity contribution in [2.45, 2.75) is 26.3 Å². The number of nitrogens with one attached hydrogen (secondary N) is 1. The Bertz CT molecular complexity index is 517. The van der Waals surface area contributed by atoms with Crippen molar-refractivity contribution < 1.29 is 8.78 Å². The molecule has 0 aliphatic carbocycles. The Morgan fingerprint density at radius 1 is 1.21 bits per heavy atom. The molecule has 1 N–H and O–H groups in total. The molecule has 2 rings (SSSR count). The highest BCUT2D eigenvalue weighted by Crippen LogP contribution is 2.10. The second-order valence-corrected chi connectivity index (χ2v) is 4.40. The smallest absolute Gasteiger partial charge is 0.202 e. The van der Waals surface area contributed by atoms with Gasteiger partial charge in [-0.3, -0.25) is 0 Å². The summed E-state index contributed by atoms with van der Waals surface area (Å²) < 4.78 is 28.1. The van der Waals surface area contributed by atoms with E-state index in [0.29, 0.717) is 18.5 Å². The summed E-state index contributed by atoms with van der Waals surface area (Å²) in [5.74, 6) is -0.288. The van der Waals surface area contributed by atoms with Crippen LogP contribution in [0.15, 0.2) is 30.6 Å². The van der Waals surface area contributed by atoms with E-state index in [1.165, 1.54) is 12.1 Å². The maximum atomic E-state index is 13.0. The number of halogens is 2. The maximum absolute atomic E-state index is 13.0. The quantitative estimate of drug-likeness (QED) is 0.869. The van der Waals surface area contributed by atoms with Crippen molar-refractivity contribution >= 4 is 5.95 Å². The molecule has 0 spiro atoms. The van der Waals surface area contributed by atoms with Gasteiger partial charge in [0.25, 0.3) is 0 Å². The predicted molar refractivity (Wildman–Crippen MR) is 71.1 cm³/mol. The summed E-state index contributed by atoms with van der Waals surface area (Å²) in [4.78, 5) is 4.20. The van der Waals surface area contributed by atoms with Gasteiger partial charge in [-0.05, 0) is 30.5 Å². The van der Waals surface area contributed by atoms with Crippen LogP contribution in [0, 0.1) is 11.6 Å². The zero-order valence-electron chi connectivity index (χ0n) is 10.9. The Kier molecular flexibility index (Phi) is 4.49. The fraction of sp³-hybridized carbons (Fsp3) is 0.357. The molecule has 1 aromatic heterocycles. The predicted octanol–water partition coefficient (Wildman–Crippen LogP) is 3.23. The van der Waals surface area contributed by atoms with Crippen LogP contribution in [0.4, 0.5) is 14.7 Å². The Morgan fingerprint density at radius 3 is 2.63 bits per heavy atom. The molecule has 1 heterocycles. The molecule has 102 valence electrons. The van der Waals surface area contributed by atoms with Gasteiger partial charge >= 0.3 is 0 Å². The molecule has 0 atom stereocenters. The van der Waals surface area contributed by atoms with Gasteiger partial charge in [-0.1, -0.05) is 6.92 Å². The summed E-state index contributed by atoms with van der Waals surface area (Å²) in [6, 6.07) is 3.58. The summed E-state index contributed by atoms with van der Waals surface area (Å²) in [6.07, 6.45) is 5.22. The minimum Gasteiger partial charge on any atom is -0.355 e. The molecule has 0 unspecified atom stereocenters. The van der Waals surface area contributed by atoms with E-state index in [4.69, 9.17) is 0 Å². The highest BCUT2D eigenvalue weighted by atomic mass is 19.1. The zero-order chi connectivity index (χ0) is 13.7. The summed E-state index contributed by atoms with van der Waals surface area (Å²) in [7, 11) is 0. The van der Waals surface area contributed by atoms with Crippen molar-refractivity contribution in [2.24, 2.45) is 0 Å². The SMILES string of the molecule is CCCn1ccnc1NCCc1cc(F)cc(F)c1. The van der Waals surface area contributed by atoms with Crippen molar-refractivity contribution in [3.63, 3.8) is 0 Å². The van der Waals surface area contributed by atoms with Crippen molar-refractivity contribution in [3.05, 3.63) is 47.8 Å². The lowest BCUT2D eigenvalue weighted by atomic mass is 10.1. The monoisotopic (exact) mass is 265 g/mol. The average Bonchev–Trinajstić information content (AvgIpc) is 2.76. The third kappa shape index (κ3) is 3.77. The third-order valence-corrected chi connectivity index (χ3v) is 2.80. The summed E-state index contributed by atoms with van der Waals surface area (Å²) in [5, 5.41) is 3.17. The minimum absolute atomic E-state index is 0.539. The van der Waals surface area contributed by atoms with E-state index >= 15 is 0 Å². The molecule has 19 heavy (non-hydrogen) atoms. The van der Waals surface area contributed by atoms with Crippen LogP contribution in [-0.4, -0.2) is 16.1 Å². The molecular weight excluding hydrogens is 248 g/mol. The van der Waals surface area contributed by atoms with Crippen LogP contribution in [-0.2, 0) is 13.0 Å². The largest absolute Gasteiger partial charge is 0.355 e. The van der Waals surface area contributed by atoms with Gasteiger partial charge in [0.15, 0.2) is 0 Å². The zero-order valence-corrected chi connectivity index (χ0v) is 10.9. The number of rotatable bonds is 6. The second-order valence-electron chi connectivity index (χ2n) is 4.40. The number of aryl methyl sites for hydroxylation is 1. The lowest BCUT2D eigenvalue weighted by Gasteiger charge is -2.09. The van der Waals surface area contributed by atoms with Crippen LogP contribution in [0.25, 0.3) is 0 Å².